The van der Waals surface area contributed by atoms with E-state index in [1.807, 2.05) is 24.3 Å². The van der Waals surface area contributed by atoms with Crippen molar-refractivity contribution in [3.8, 4) is 0 Å². The molecule has 3 aromatic rings. The van der Waals surface area contributed by atoms with Crippen molar-refractivity contribution in [1.82, 2.24) is 14.5 Å². The SMILES string of the molecule is OC[C@@H]1O[C@@H](n2ccc3c(SCc4ccccc4)ncnc32)[C@@H](O)[C@@H]1O. The second-order valence-corrected chi connectivity index (χ2v) is 7.11. The topological polar surface area (TPSA) is 101 Å². The lowest BCUT2D eigenvalue weighted by Crippen LogP contribution is -2.33. The smallest absolute Gasteiger partial charge is 0.164 e. The van der Waals surface area contributed by atoms with Gasteiger partial charge in [-0.3, -0.25) is 0 Å². The molecule has 26 heavy (non-hydrogen) atoms. The Morgan fingerprint density at radius 3 is 2.62 bits per heavy atom. The van der Waals surface area contributed by atoms with Gasteiger partial charge in [0, 0.05) is 11.9 Å². The van der Waals surface area contributed by atoms with Crippen LogP contribution < -0.4 is 0 Å². The fourth-order valence-corrected chi connectivity index (χ4v) is 4.04. The van der Waals surface area contributed by atoms with Crippen LogP contribution in [0.5, 0.6) is 0 Å². The van der Waals surface area contributed by atoms with Gasteiger partial charge in [0.1, 0.15) is 35.3 Å². The van der Waals surface area contributed by atoms with E-state index in [1.165, 1.54) is 11.9 Å². The van der Waals surface area contributed by atoms with Gasteiger partial charge in [0.2, 0.25) is 0 Å². The van der Waals surface area contributed by atoms with Crippen LogP contribution in [0.1, 0.15) is 11.8 Å². The zero-order chi connectivity index (χ0) is 18.1. The van der Waals surface area contributed by atoms with Crippen LogP contribution in [0.2, 0.25) is 0 Å². The largest absolute Gasteiger partial charge is 0.394 e. The first-order chi connectivity index (χ1) is 12.7. The van der Waals surface area contributed by atoms with E-state index in [1.54, 1.807) is 22.5 Å². The molecule has 4 atom stereocenters. The zero-order valence-corrected chi connectivity index (χ0v) is 14.7. The number of aliphatic hydroxyl groups excluding tert-OH is 3. The van der Waals surface area contributed by atoms with E-state index in [2.05, 4.69) is 22.1 Å². The third-order valence-electron chi connectivity index (χ3n) is 4.48. The van der Waals surface area contributed by atoms with Crippen molar-refractivity contribution >= 4 is 22.8 Å². The molecule has 0 spiro atoms. The second kappa shape index (κ2) is 7.34. The molecule has 0 bridgehead atoms. The molecule has 0 amide bonds. The van der Waals surface area contributed by atoms with Crippen LogP contribution >= 0.6 is 11.8 Å². The number of thioether (sulfide) groups is 1. The Bertz CT molecular complexity index is 889. The number of hydrogen-bond acceptors (Lipinski definition) is 7. The van der Waals surface area contributed by atoms with Gasteiger partial charge in [-0.25, -0.2) is 9.97 Å². The van der Waals surface area contributed by atoms with E-state index in [9.17, 15) is 15.3 Å². The lowest BCUT2D eigenvalue weighted by atomic mass is 10.1. The third kappa shape index (κ3) is 3.10. The van der Waals surface area contributed by atoms with Crippen molar-refractivity contribution in [1.29, 1.82) is 0 Å². The summed E-state index contributed by atoms with van der Waals surface area (Å²) in [5, 5.41) is 31.2. The van der Waals surface area contributed by atoms with E-state index in [0.717, 1.165) is 16.2 Å². The molecular formula is C18H19N3O4S. The Labute approximate surface area is 154 Å². The highest BCUT2D eigenvalue weighted by Crippen LogP contribution is 2.34. The summed E-state index contributed by atoms with van der Waals surface area (Å²) in [7, 11) is 0. The highest BCUT2D eigenvalue weighted by Gasteiger charge is 2.43. The number of rotatable bonds is 5. The Balaban J connectivity index is 1.61. The lowest BCUT2D eigenvalue weighted by molar-refractivity contribution is -0.0508. The quantitative estimate of drug-likeness (QED) is 0.458. The van der Waals surface area contributed by atoms with Gasteiger partial charge < -0.3 is 24.6 Å². The van der Waals surface area contributed by atoms with Crippen LogP contribution in [-0.4, -0.2) is 54.8 Å². The molecule has 2 aromatic heterocycles. The summed E-state index contributed by atoms with van der Waals surface area (Å²) in [6, 6.07) is 12.0. The summed E-state index contributed by atoms with van der Waals surface area (Å²) >= 11 is 1.61. The fraction of sp³-hybridized carbons (Fsp3) is 0.333. The van der Waals surface area contributed by atoms with E-state index in [4.69, 9.17) is 4.74 Å². The van der Waals surface area contributed by atoms with Gasteiger partial charge in [-0.2, -0.15) is 0 Å². The van der Waals surface area contributed by atoms with Crippen LogP contribution in [0.15, 0.2) is 53.9 Å². The molecule has 1 aliphatic rings. The average Bonchev–Trinajstić information content (AvgIpc) is 3.23. The zero-order valence-electron chi connectivity index (χ0n) is 13.8. The van der Waals surface area contributed by atoms with Gasteiger partial charge in [-0.1, -0.05) is 30.3 Å². The van der Waals surface area contributed by atoms with Crippen molar-refractivity contribution in [2.45, 2.75) is 35.3 Å². The first-order valence-corrected chi connectivity index (χ1v) is 9.28. The summed E-state index contributed by atoms with van der Waals surface area (Å²) in [5.41, 5.74) is 1.82. The Kier molecular flexibility index (Phi) is 4.92. The number of ether oxygens (including phenoxy) is 1. The maximum Gasteiger partial charge on any atom is 0.164 e. The first-order valence-electron chi connectivity index (χ1n) is 8.29. The number of aliphatic hydroxyl groups is 3. The maximum atomic E-state index is 10.3. The van der Waals surface area contributed by atoms with Gasteiger partial charge in [0.05, 0.1) is 12.0 Å². The highest BCUT2D eigenvalue weighted by molar-refractivity contribution is 7.98. The molecule has 1 aromatic carbocycles. The number of benzene rings is 1. The van der Waals surface area contributed by atoms with Crippen LogP contribution in [0, 0.1) is 0 Å². The summed E-state index contributed by atoms with van der Waals surface area (Å²) in [6.07, 6.45) is -0.670. The van der Waals surface area contributed by atoms with Crippen molar-refractivity contribution in [3.63, 3.8) is 0 Å². The minimum Gasteiger partial charge on any atom is -0.394 e. The number of aromatic nitrogens is 3. The standard InChI is InChI=1S/C18H19N3O4S/c22-8-13-14(23)15(24)18(25-13)21-7-6-12-16(21)19-10-20-17(12)26-9-11-4-2-1-3-5-11/h1-7,10,13-15,18,22-24H,8-9H2/t13-,14+,15-,18+/m0/s1. The summed E-state index contributed by atoms with van der Waals surface area (Å²) < 4.78 is 7.28. The fourth-order valence-electron chi connectivity index (χ4n) is 3.10. The van der Waals surface area contributed by atoms with Gasteiger partial charge in [-0.05, 0) is 11.6 Å². The van der Waals surface area contributed by atoms with Gasteiger partial charge >= 0.3 is 0 Å². The lowest BCUT2D eigenvalue weighted by Gasteiger charge is -2.17. The first kappa shape index (κ1) is 17.4. The molecule has 3 heterocycles. The van der Waals surface area contributed by atoms with Crippen molar-refractivity contribution in [3.05, 3.63) is 54.5 Å². The molecule has 136 valence electrons. The van der Waals surface area contributed by atoms with E-state index >= 15 is 0 Å². The van der Waals surface area contributed by atoms with Gasteiger partial charge in [-0.15, -0.1) is 11.8 Å². The molecule has 4 rings (SSSR count). The highest BCUT2D eigenvalue weighted by atomic mass is 32.2. The van der Waals surface area contributed by atoms with Crippen LogP contribution in [0.25, 0.3) is 11.0 Å². The Hall–Kier alpha value is -1.97. The number of nitrogens with zero attached hydrogens (tertiary/aromatic N) is 3. The number of hydrogen-bond donors (Lipinski definition) is 3. The molecule has 0 unspecified atom stereocenters. The molecule has 0 aliphatic carbocycles. The Morgan fingerprint density at radius 1 is 1.08 bits per heavy atom. The predicted molar refractivity (Wildman–Crippen MR) is 96.5 cm³/mol. The average molecular weight is 373 g/mol. The molecule has 1 saturated heterocycles. The van der Waals surface area contributed by atoms with Crippen LogP contribution in [-0.2, 0) is 10.5 Å². The summed E-state index contributed by atoms with van der Waals surface area (Å²) in [6.45, 7) is -0.360. The molecule has 1 aliphatic heterocycles. The van der Waals surface area contributed by atoms with Crippen molar-refractivity contribution < 1.29 is 20.1 Å². The minimum absolute atomic E-state index is 0.360. The van der Waals surface area contributed by atoms with Crippen molar-refractivity contribution in [2.75, 3.05) is 6.61 Å². The molecule has 0 radical (unpaired) electrons. The predicted octanol–water partition coefficient (Wildman–Crippen LogP) is 1.34. The Morgan fingerprint density at radius 2 is 1.88 bits per heavy atom. The molecular weight excluding hydrogens is 354 g/mol. The van der Waals surface area contributed by atoms with Crippen molar-refractivity contribution in [2.24, 2.45) is 0 Å². The summed E-state index contributed by atoms with van der Waals surface area (Å²) in [5.74, 6) is 0.784. The van der Waals surface area contributed by atoms with E-state index in [0.29, 0.717) is 5.65 Å². The second-order valence-electron chi connectivity index (χ2n) is 6.14. The summed E-state index contributed by atoms with van der Waals surface area (Å²) in [4.78, 5) is 8.69. The van der Waals surface area contributed by atoms with Gasteiger partial charge in [0.15, 0.2) is 6.23 Å². The normalized spacial score (nSPS) is 25.8. The van der Waals surface area contributed by atoms with E-state index in [-0.39, 0.29) is 6.61 Å². The van der Waals surface area contributed by atoms with Crippen LogP contribution in [0.3, 0.4) is 0 Å². The van der Waals surface area contributed by atoms with Gasteiger partial charge in [0.25, 0.3) is 0 Å². The minimum atomic E-state index is -1.14. The molecule has 7 nitrogen and oxygen atoms in total. The molecule has 0 saturated carbocycles. The monoisotopic (exact) mass is 373 g/mol. The molecule has 8 heteroatoms. The maximum absolute atomic E-state index is 10.3. The molecule has 1 fully saturated rings. The van der Waals surface area contributed by atoms with E-state index < -0.39 is 24.5 Å². The van der Waals surface area contributed by atoms with Crippen LogP contribution in [0.4, 0.5) is 0 Å². The molecule has 3 N–H and O–H groups in total. The third-order valence-corrected chi connectivity index (χ3v) is 5.56. The number of fused-ring (bicyclic) bond motifs is 1.